The van der Waals surface area contributed by atoms with Crippen LogP contribution in [0.2, 0.25) is 0 Å². The van der Waals surface area contributed by atoms with E-state index in [9.17, 15) is 22.8 Å². The molecule has 1 rings (SSSR count). The van der Waals surface area contributed by atoms with Gasteiger partial charge in [-0.3, -0.25) is 9.59 Å². The molecule has 0 bridgehead atoms. The molecule has 0 fully saturated rings. The molecule has 2 unspecified atom stereocenters. The number of nitrogens with zero attached hydrogens (tertiary/aromatic N) is 1. The van der Waals surface area contributed by atoms with Gasteiger partial charge in [0, 0.05) is 19.7 Å². The van der Waals surface area contributed by atoms with Crippen molar-refractivity contribution in [3.63, 3.8) is 0 Å². The number of carboxylic acid groups (broad SMARTS) is 1. The number of anilines is 1. The van der Waals surface area contributed by atoms with Crippen molar-refractivity contribution in [2.75, 3.05) is 12.4 Å². The lowest BCUT2D eigenvalue weighted by Gasteiger charge is -2.25. The molecule has 0 aliphatic rings. The van der Waals surface area contributed by atoms with Crippen molar-refractivity contribution in [3.8, 4) is 0 Å². The van der Waals surface area contributed by atoms with Crippen LogP contribution in [0.1, 0.15) is 20.8 Å². The summed E-state index contributed by atoms with van der Waals surface area (Å²) in [6.07, 6.45) is 0. The van der Waals surface area contributed by atoms with Crippen LogP contribution in [0.25, 0.3) is 0 Å². The number of hydrogen-bond donors (Lipinski definition) is 3. The van der Waals surface area contributed by atoms with E-state index >= 15 is 0 Å². The number of hydrogen-bond acceptors (Lipinski definition) is 5. The Morgan fingerprint density at radius 2 is 1.64 bits per heavy atom. The van der Waals surface area contributed by atoms with Gasteiger partial charge in [-0.05, 0) is 38.1 Å². The Balaban J connectivity index is 2.87. The predicted molar refractivity (Wildman–Crippen MR) is 90.4 cm³/mol. The molecule has 2 atom stereocenters. The van der Waals surface area contributed by atoms with Gasteiger partial charge in [0.25, 0.3) is 0 Å². The van der Waals surface area contributed by atoms with Gasteiger partial charge in [0.2, 0.25) is 21.8 Å². The molecule has 0 heterocycles. The highest BCUT2D eigenvalue weighted by atomic mass is 32.2. The number of likely N-dealkylation sites (N-methyl/N-ethyl adjacent to an activating group) is 1. The Labute approximate surface area is 146 Å². The lowest BCUT2D eigenvalue weighted by molar-refractivity contribution is -0.148. The van der Waals surface area contributed by atoms with Crippen molar-refractivity contribution in [1.29, 1.82) is 0 Å². The van der Waals surface area contributed by atoms with Gasteiger partial charge in [-0.15, -0.1) is 0 Å². The third kappa shape index (κ3) is 5.54. The van der Waals surface area contributed by atoms with E-state index in [1.165, 1.54) is 52.1 Å². The van der Waals surface area contributed by atoms with E-state index in [-0.39, 0.29) is 10.8 Å². The number of nitrogens with one attached hydrogen (secondary N) is 2. The molecule has 1 aromatic carbocycles. The van der Waals surface area contributed by atoms with Gasteiger partial charge in [0.05, 0.1) is 10.9 Å². The van der Waals surface area contributed by atoms with Crippen molar-refractivity contribution >= 4 is 33.5 Å². The van der Waals surface area contributed by atoms with Gasteiger partial charge in [0.1, 0.15) is 6.04 Å². The molecule has 0 aromatic heterocycles. The number of carbonyl (C=O) groups excluding carboxylic acids is 2. The number of carboxylic acids is 1. The lowest BCUT2D eigenvalue weighted by Crippen LogP contribution is -2.50. The average molecular weight is 371 g/mol. The zero-order valence-corrected chi connectivity index (χ0v) is 15.1. The van der Waals surface area contributed by atoms with Crippen molar-refractivity contribution in [1.82, 2.24) is 9.62 Å². The van der Waals surface area contributed by atoms with Gasteiger partial charge in [-0.2, -0.15) is 4.72 Å². The first-order valence-electron chi connectivity index (χ1n) is 7.35. The third-order valence-electron chi connectivity index (χ3n) is 3.47. The van der Waals surface area contributed by atoms with Gasteiger partial charge < -0.3 is 15.3 Å². The molecular formula is C15H21N3O6S. The first kappa shape index (κ1) is 20.6. The SMILES string of the molecule is CC(=O)Nc1ccc(S(=O)(=O)NC(C)C(=O)N(C)C(C)C(=O)O)cc1. The van der Waals surface area contributed by atoms with Gasteiger partial charge in [0.15, 0.2) is 0 Å². The van der Waals surface area contributed by atoms with E-state index in [2.05, 4.69) is 10.0 Å². The highest BCUT2D eigenvalue weighted by Gasteiger charge is 2.28. The summed E-state index contributed by atoms with van der Waals surface area (Å²) in [5, 5.41) is 11.4. The van der Waals surface area contributed by atoms with Crippen LogP contribution >= 0.6 is 0 Å². The average Bonchev–Trinajstić information content (AvgIpc) is 2.52. The fraction of sp³-hybridized carbons (Fsp3) is 0.400. The number of rotatable bonds is 7. The first-order chi connectivity index (χ1) is 11.5. The molecule has 10 heteroatoms. The fourth-order valence-corrected chi connectivity index (χ4v) is 3.13. The summed E-state index contributed by atoms with van der Waals surface area (Å²) in [7, 11) is -2.70. The smallest absolute Gasteiger partial charge is 0.326 e. The molecule has 0 aliphatic heterocycles. The van der Waals surface area contributed by atoms with Crippen molar-refractivity contribution in [2.24, 2.45) is 0 Å². The van der Waals surface area contributed by atoms with Crippen molar-refractivity contribution < 1.29 is 27.9 Å². The number of carbonyl (C=O) groups is 3. The monoisotopic (exact) mass is 371 g/mol. The minimum atomic E-state index is -3.99. The molecule has 25 heavy (non-hydrogen) atoms. The maximum atomic E-state index is 12.3. The van der Waals surface area contributed by atoms with E-state index in [0.717, 1.165) is 4.90 Å². The van der Waals surface area contributed by atoms with Crippen LogP contribution in [-0.4, -0.2) is 55.3 Å². The lowest BCUT2D eigenvalue weighted by atomic mass is 10.2. The van der Waals surface area contributed by atoms with Crippen molar-refractivity contribution in [3.05, 3.63) is 24.3 Å². The Bertz CT molecular complexity index is 760. The second kappa shape index (κ2) is 8.08. The Morgan fingerprint density at radius 3 is 2.08 bits per heavy atom. The van der Waals surface area contributed by atoms with E-state index in [1.807, 2.05) is 0 Å². The summed E-state index contributed by atoms with van der Waals surface area (Å²) < 4.78 is 26.9. The van der Waals surface area contributed by atoms with E-state index in [4.69, 9.17) is 5.11 Å². The quantitative estimate of drug-likeness (QED) is 0.629. The predicted octanol–water partition coefficient (Wildman–Crippen LogP) is 0.243. The summed E-state index contributed by atoms with van der Waals surface area (Å²) in [5.41, 5.74) is 0.436. The topological polar surface area (TPSA) is 133 Å². The molecule has 0 saturated carbocycles. The molecule has 1 aromatic rings. The maximum absolute atomic E-state index is 12.3. The molecule has 3 N–H and O–H groups in total. The van der Waals surface area contributed by atoms with Crippen LogP contribution < -0.4 is 10.0 Å². The zero-order valence-electron chi connectivity index (χ0n) is 14.3. The van der Waals surface area contributed by atoms with Crippen LogP contribution in [0, 0.1) is 0 Å². The summed E-state index contributed by atoms with van der Waals surface area (Å²) in [5.74, 6) is -2.16. The van der Waals surface area contributed by atoms with E-state index in [0.29, 0.717) is 5.69 Å². The highest BCUT2D eigenvalue weighted by molar-refractivity contribution is 7.89. The minimum absolute atomic E-state index is 0.0878. The third-order valence-corrected chi connectivity index (χ3v) is 5.03. The first-order valence-corrected chi connectivity index (χ1v) is 8.83. The van der Waals surface area contributed by atoms with Crippen LogP contribution in [0.5, 0.6) is 0 Å². The summed E-state index contributed by atoms with van der Waals surface area (Å²) >= 11 is 0. The van der Waals surface area contributed by atoms with Crippen LogP contribution in [0.4, 0.5) is 5.69 Å². The van der Waals surface area contributed by atoms with Crippen LogP contribution in [0.15, 0.2) is 29.2 Å². The van der Waals surface area contributed by atoms with E-state index in [1.54, 1.807) is 0 Å². The molecule has 2 amide bonds. The summed E-state index contributed by atoms with van der Waals surface area (Å²) in [4.78, 5) is 34.9. The van der Waals surface area contributed by atoms with Gasteiger partial charge in [-0.25, -0.2) is 13.2 Å². The van der Waals surface area contributed by atoms with E-state index < -0.39 is 34.0 Å². The molecule has 0 spiro atoms. The summed E-state index contributed by atoms with van der Waals surface area (Å²) in [6.45, 7) is 3.98. The minimum Gasteiger partial charge on any atom is -0.480 e. The van der Waals surface area contributed by atoms with Gasteiger partial charge in [-0.1, -0.05) is 0 Å². The normalized spacial score (nSPS) is 13.6. The number of sulfonamides is 1. The molecule has 138 valence electrons. The van der Waals surface area contributed by atoms with Gasteiger partial charge >= 0.3 is 5.97 Å². The Hall–Kier alpha value is -2.46. The molecule has 0 saturated heterocycles. The second-order valence-electron chi connectivity index (χ2n) is 5.51. The standard InChI is InChI=1S/C15H21N3O6S/c1-9(14(20)18(4)10(2)15(21)22)17-25(23,24)13-7-5-12(6-8-13)16-11(3)19/h5-10,17H,1-4H3,(H,16,19)(H,21,22). The highest BCUT2D eigenvalue weighted by Crippen LogP contribution is 2.14. The zero-order chi connectivity index (χ0) is 19.4. The van der Waals surface area contributed by atoms with Crippen LogP contribution in [-0.2, 0) is 24.4 Å². The second-order valence-corrected chi connectivity index (χ2v) is 7.23. The molecule has 0 radical (unpaired) electrons. The van der Waals surface area contributed by atoms with Crippen LogP contribution in [0.3, 0.4) is 0 Å². The molecule has 9 nitrogen and oxygen atoms in total. The number of benzene rings is 1. The number of amides is 2. The molecular weight excluding hydrogens is 350 g/mol. The maximum Gasteiger partial charge on any atom is 0.326 e. The number of aliphatic carboxylic acids is 1. The largest absolute Gasteiger partial charge is 0.480 e. The Kier molecular flexibility index (Phi) is 6.65. The Morgan fingerprint density at radius 1 is 1.12 bits per heavy atom. The molecule has 0 aliphatic carbocycles. The fourth-order valence-electron chi connectivity index (χ4n) is 1.93. The van der Waals surface area contributed by atoms with Crippen molar-refractivity contribution in [2.45, 2.75) is 37.8 Å². The summed E-state index contributed by atoms with van der Waals surface area (Å²) in [6, 6.07) is 3.17.